The number of phenolic OH excluding ortho intramolecular Hbond substituents is 1. The standard InChI is InChI=1S/C22H24N2O9.2H2O/c1-21(32)7-5-4-6-8(25)9(7)15(26)10-12(21)17(28)13-14(24(2)3)16(27)11(20(23)31)19(30)22(13,33)18(10)29;;/h4-6,12-14,17,25-26,28,30,32-33H,1-3H3,(H2,23,31);2*1H2. The molecule has 3 aliphatic rings. The Labute approximate surface area is 198 Å². The van der Waals surface area contributed by atoms with Crippen LogP contribution in [0.4, 0.5) is 0 Å². The number of carbonyl (C=O) groups excluding carboxylic acids is 3. The summed E-state index contributed by atoms with van der Waals surface area (Å²) in [4.78, 5) is 39.9. The van der Waals surface area contributed by atoms with Crippen LogP contribution in [0.3, 0.4) is 0 Å². The molecule has 13 heteroatoms. The van der Waals surface area contributed by atoms with Gasteiger partial charge in [-0.25, -0.2) is 0 Å². The van der Waals surface area contributed by atoms with Gasteiger partial charge in [-0.3, -0.25) is 19.3 Å². The largest absolute Gasteiger partial charge is 0.508 e. The second-order valence-electron chi connectivity index (χ2n) is 9.06. The third kappa shape index (κ3) is 3.21. The molecule has 0 aromatic heterocycles. The van der Waals surface area contributed by atoms with Crippen LogP contribution in [-0.2, 0) is 20.0 Å². The number of aromatic hydroxyl groups is 1. The van der Waals surface area contributed by atoms with Crippen LogP contribution >= 0.6 is 0 Å². The number of nitrogens with zero attached hydrogens (tertiary/aromatic N) is 1. The maximum Gasteiger partial charge on any atom is 0.255 e. The first-order chi connectivity index (χ1) is 15.2. The summed E-state index contributed by atoms with van der Waals surface area (Å²) in [6, 6.07) is 2.50. The highest BCUT2D eigenvalue weighted by atomic mass is 16.4. The number of amides is 1. The highest BCUT2D eigenvalue weighted by molar-refractivity contribution is 6.24. The quantitative estimate of drug-likeness (QED) is 0.203. The van der Waals surface area contributed by atoms with Crippen LogP contribution in [0, 0.1) is 11.8 Å². The summed E-state index contributed by atoms with van der Waals surface area (Å²) in [7, 11) is 2.80. The molecule has 1 aromatic rings. The third-order valence-electron chi connectivity index (χ3n) is 7.03. The van der Waals surface area contributed by atoms with Crippen LogP contribution in [-0.4, -0.2) is 95.8 Å². The van der Waals surface area contributed by atoms with Gasteiger partial charge >= 0.3 is 0 Å². The predicted octanol–water partition coefficient (Wildman–Crippen LogP) is -3.05. The monoisotopic (exact) mass is 496 g/mol. The van der Waals surface area contributed by atoms with E-state index in [4.69, 9.17) is 5.73 Å². The zero-order valence-electron chi connectivity index (χ0n) is 19.0. The molecule has 6 atom stereocenters. The smallest absolute Gasteiger partial charge is 0.255 e. The number of aliphatic hydroxyl groups excluding tert-OH is 3. The van der Waals surface area contributed by atoms with Crippen LogP contribution in [0.2, 0.25) is 0 Å². The van der Waals surface area contributed by atoms with Gasteiger partial charge in [0, 0.05) is 0 Å². The van der Waals surface area contributed by atoms with Gasteiger partial charge in [-0.2, -0.15) is 0 Å². The zero-order valence-corrected chi connectivity index (χ0v) is 19.0. The van der Waals surface area contributed by atoms with Crippen LogP contribution in [0.5, 0.6) is 5.75 Å². The molecule has 13 nitrogen and oxygen atoms in total. The minimum Gasteiger partial charge on any atom is -0.508 e. The van der Waals surface area contributed by atoms with E-state index in [9.17, 15) is 45.0 Å². The van der Waals surface area contributed by atoms with Gasteiger partial charge in [0.2, 0.25) is 5.78 Å². The molecule has 0 heterocycles. The number of benzene rings is 1. The number of carbonyl (C=O) groups is 3. The fourth-order valence-electron chi connectivity index (χ4n) is 5.60. The van der Waals surface area contributed by atoms with Gasteiger partial charge in [-0.1, -0.05) is 12.1 Å². The molecular formula is C22H28N2O11. The van der Waals surface area contributed by atoms with Crippen molar-refractivity contribution in [3.8, 4) is 5.75 Å². The molecule has 192 valence electrons. The van der Waals surface area contributed by atoms with Gasteiger partial charge in [-0.15, -0.1) is 0 Å². The molecule has 1 fully saturated rings. The van der Waals surface area contributed by atoms with E-state index in [0.29, 0.717) is 0 Å². The summed E-state index contributed by atoms with van der Waals surface area (Å²) in [5, 5.41) is 66.3. The van der Waals surface area contributed by atoms with Crippen molar-refractivity contribution >= 4 is 23.2 Å². The number of rotatable bonds is 2. The van der Waals surface area contributed by atoms with Gasteiger partial charge in [0.05, 0.1) is 40.7 Å². The second kappa shape index (κ2) is 8.41. The van der Waals surface area contributed by atoms with Crippen molar-refractivity contribution in [2.24, 2.45) is 17.6 Å². The lowest BCUT2D eigenvalue weighted by molar-refractivity contribution is -0.181. The zero-order chi connectivity index (χ0) is 24.8. The number of Topliss-reactive ketones (excluding diaryl/α,β-unsaturated/α-hetero) is 2. The number of hydrogen-bond donors (Lipinski definition) is 7. The Morgan fingerprint density at radius 1 is 1.09 bits per heavy atom. The molecule has 35 heavy (non-hydrogen) atoms. The van der Waals surface area contributed by atoms with Gasteiger partial charge in [0.25, 0.3) is 5.91 Å². The number of likely N-dealkylation sites (N-methyl/N-ethyl adjacent to an activating group) is 1. The second-order valence-corrected chi connectivity index (χ2v) is 9.06. The molecule has 0 spiro atoms. The lowest BCUT2D eigenvalue weighted by Crippen LogP contribution is -2.71. The molecule has 0 aliphatic heterocycles. The Kier molecular flexibility index (Phi) is 6.70. The minimum absolute atomic E-state index is 0. The SMILES string of the molecule is CN(C)C1C(=O)C(C(N)=O)=C(O)C2(O)C(=O)C3=C(O)c4c(O)cccc4C(C)(O)C3C(O)C12.O.O. The lowest BCUT2D eigenvalue weighted by atomic mass is 9.53. The number of ketones is 2. The van der Waals surface area contributed by atoms with Gasteiger partial charge in [0.15, 0.2) is 11.4 Å². The Bertz CT molecular complexity index is 1190. The van der Waals surface area contributed by atoms with E-state index >= 15 is 0 Å². The molecule has 1 amide bonds. The first kappa shape index (κ1) is 27.9. The van der Waals surface area contributed by atoms with Gasteiger partial charge in [-0.05, 0) is 32.6 Å². The topological polar surface area (TPSA) is 265 Å². The predicted molar refractivity (Wildman–Crippen MR) is 119 cm³/mol. The average molecular weight is 496 g/mol. The number of primary amides is 1. The molecule has 0 saturated heterocycles. The molecule has 4 rings (SSSR count). The fourth-order valence-corrected chi connectivity index (χ4v) is 5.60. The number of fused-ring (bicyclic) bond motifs is 3. The van der Waals surface area contributed by atoms with Gasteiger partial charge < -0.3 is 47.3 Å². The summed E-state index contributed by atoms with van der Waals surface area (Å²) in [6.07, 6.45) is -1.87. The van der Waals surface area contributed by atoms with E-state index in [1.165, 1.54) is 44.1 Å². The van der Waals surface area contributed by atoms with E-state index < -0.39 is 81.1 Å². The van der Waals surface area contributed by atoms with Crippen molar-refractivity contribution in [3.05, 3.63) is 46.2 Å². The third-order valence-corrected chi connectivity index (χ3v) is 7.03. The van der Waals surface area contributed by atoms with Crippen molar-refractivity contribution in [2.75, 3.05) is 14.1 Å². The Morgan fingerprint density at radius 2 is 1.66 bits per heavy atom. The summed E-state index contributed by atoms with van der Waals surface area (Å²) >= 11 is 0. The van der Waals surface area contributed by atoms with Crippen molar-refractivity contribution in [1.29, 1.82) is 0 Å². The summed E-state index contributed by atoms with van der Waals surface area (Å²) in [5.41, 5.74) is -1.78. The number of aliphatic hydroxyl groups is 5. The van der Waals surface area contributed by atoms with Crippen LogP contribution in [0.1, 0.15) is 18.1 Å². The number of nitrogens with two attached hydrogens (primary N) is 1. The van der Waals surface area contributed by atoms with Crippen molar-refractivity contribution < 1.29 is 56.0 Å². The Morgan fingerprint density at radius 3 is 2.17 bits per heavy atom. The van der Waals surface area contributed by atoms with Crippen molar-refractivity contribution in [1.82, 2.24) is 4.90 Å². The molecule has 0 radical (unpaired) electrons. The average Bonchev–Trinajstić information content (AvgIpc) is 2.70. The summed E-state index contributed by atoms with van der Waals surface area (Å²) in [5.74, 6) is -9.67. The normalized spacial score (nSPS) is 33.9. The minimum atomic E-state index is -3.02. The maximum absolute atomic E-state index is 13.7. The van der Waals surface area contributed by atoms with Crippen LogP contribution in [0.25, 0.3) is 5.76 Å². The summed E-state index contributed by atoms with van der Waals surface area (Å²) < 4.78 is 0. The van der Waals surface area contributed by atoms with E-state index in [0.717, 1.165) is 0 Å². The van der Waals surface area contributed by atoms with E-state index in [1.54, 1.807) is 0 Å². The highest BCUT2D eigenvalue weighted by Gasteiger charge is 2.70. The molecule has 1 saturated carbocycles. The number of hydrogen-bond acceptors (Lipinski definition) is 10. The van der Waals surface area contributed by atoms with Crippen molar-refractivity contribution in [2.45, 2.75) is 30.3 Å². The van der Waals surface area contributed by atoms with Gasteiger partial charge in [0.1, 0.15) is 22.8 Å². The molecular weight excluding hydrogens is 468 g/mol. The maximum atomic E-state index is 13.7. The van der Waals surface area contributed by atoms with Crippen LogP contribution < -0.4 is 5.73 Å². The van der Waals surface area contributed by atoms with Crippen molar-refractivity contribution in [3.63, 3.8) is 0 Å². The van der Waals surface area contributed by atoms with E-state index in [-0.39, 0.29) is 22.1 Å². The van der Waals surface area contributed by atoms with Crippen LogP contribution in [0.15, 0.2) is 35.1 Å². The first-order valence-electron chi connectivity index (χ1n) is 10.1. The molecule has 1 aromatic carbocycles. The molecule has 3 aliphatic carbocycles. The lowest BCUT2D eigenvalue weighted by Gasteiger charge is -2.55. The Hall–Kier alpha value is -3.33. The molecule has 12 N–H and O–H groups in total. The first-order valence-corrected chi connectivity index (χ1v) is 10.1. The molecule has 6 unspecified atom stereocenters. The Balaban J connectivity index is 0.00000216. The molecule has 0 bridgehead atoms. The fraction of sp³-hybridized carbons (Fsp3) is 0.409. The van der Waals surface area contributed by atoms with E-state index in [1.807, 2.05) is 0 Å². The number of phenols is 1. The highest BCUT2D eigenvalue weighted by Crippen LogP contribution is 2.57. The summed E-state index contributed by atoms with van der Waals surface area (Å²) in [6.45, 7) is 1.25. The van der Waals surface area contributed by atoms with E-state index in [2.05, 4.69) is 0 Å².